The molecule has 2 atom stereocenters. The molecule has 0 aliphatic heterocycles. The Morgan fingerprint density at radius 1 is 0.816 bits per heavy atom. The van der Waals surface area contributed by atoms with Gasteiger partial charge in [0.25, 0.3) is 0 Å². The molecule has 0 spiro atoms. The lowest BCUT2D eigenvalue weighted by molar-refractivity contribution is -0.882. The van der Waals surface area contributed by atoms with Crippen molar-refractivity contribution in [1.29, 1.82) is 0 Å². The number of carbonyl (C=O) groups is 2. The van der Waals surface area contributed by atoms with Gasteiger partial charge in [-0.2, -0.15) is 4.79 Å². The van der Waals surface area contributed by atoms with Crippen molar-refractivity contribution in [2.75, 3.05) is 13.1 Å². The Balaban J connectivity index is 2.39. The van der Waals surface area contributed by atoms with Crippen LogP contribution in [0.3, 0.4) is 0 Å². The average molecular weight is 527 g/mol. The summed E-state index contributed by atoms with van der Waals surface area (Å²) < 4.78 is 10.6. The molecule has 2 aromatic carbocycles. The van der Waals surface area contributed by atoms with Gasteiger partial charge in [0.05, 0.1) is 0 Å². The van der Waals surface area contributed by atoms with E-state index in [4.69, 9.17) is 32.4 Å². The number of nitrogens with two attached hydrogens (primary N) is 4. The van der Waals surface area contributed by atoms with Gasteiger partial charge in [-0.1, -0.05) is 78.6 Å². The van der Waals surface area contributed by atoms with Crippen LogP contribution in [0.25, 0.3) is 0 Å². The van der Waals surface area contributed by atoms with E-state index in [1.54, 1.807) is 0 Å². The molecule has 11 heteroatoms. The third-order valence-corrected chi connectivity index (χ3v) is 5.86. The molecule has 0 aliphatic carbocycles. The van der Waals surface area contributed by atoms with Crippen LogP contribution in [-0.4, -0.2) is 47.7 Å². The number of hydrogen-bond acceptors (Lipinski definition) is 6. The zero-order valence-corrected chi connectivity index (χ0v) is 22.0. The van der Waals surface area contributed by atoms with Crippen molar-refractivity contribution in [2.24, 2.45) is 33.0 Å². The second-order valence-electron chi connectivity index (χ2n) is 8.88. The summed E-state index contributed by atoms with van der Waals surface area (Å²) in [6.45, 7) is 2.54. The van der Waals surface area contributed by atoms with Crippen LogP contribution < -0.4 is 22.9 Å². The third kappa shape index (κ3) is 9.74. The summed E-state index contributed by atoms with van der Waals surface area (Å²) in [6, 6.07) is 17.5. The third-order valence-electron chi connectivity index (χ3n) is 5.86. The molecule has 2 aromatic rings. The lowest BCUT2D eigenvalue weighted by atomic mass is 10.1. The van der Waals surface area contributed by atoms with E-state index in [1.165, 1.54) is 0 Å². The summed E-state index contributed by atoms with van der Waals surface area (Å²) in [5.41, 5.74) is 24.1. The van der Waals surface area contributed by atoms with E-state index in [0.717, 1.165) is 17.5 Å². The Morgan fingerprint density at radius 3 is 1.92 bits per heavy atom. The van der Waals surface area contributed by atoms with Crippen molar-refractivity contribution >= 4 is 24.0 Å². The Kier molecular flexibility index (Phi) is 12.6. The molecule has 206 valence electrons. The van der Waals surface area contributed by atoms with E-state index in [0.29, 0.717) is 25.8 Å². The molecule has 0 fully saturated rings. The smallest absolute Gasteiger partial charge is 0.456 e. The molecular weight excluding hydrogens is 486 g/mol. The first-order chi connectivity index (χ1) is 18.3. The van der Waals surface area contributed by atoms with Crippen molar-refractivity contribution in [2.45, 2.75) is 58.3 Å². The first kappa shape index (κ1) is 30.1. The highest BCUT2D eigenvalue weighted by Gasteiger charge is 2.52. The Bertz CT molecular complexity index is 1060. The number of hydrogen-bond donors (Lipinski definition) is 4. The Labute approximate surface area is 224 Å². The van der Waals surface area contributed by atoms with Crippen LogP contribution in [0, 0.1) is 0 Å². The maximum Gasteiger partial charge on any atom is 0.544 e. The SMILES string of the molecule is CCCC[N+](N=C(N)N)(C(=O)OCc1ccccc1)[C@H](CCCCN=C(N)N)C(=O)OCc1ccccc1. The number of guanidine groups is 2. The highest BCUT2D eigenvalue weighted by molar-refractivity contribution is 5.79. The fourth-order valence-electron chi connectivity index (χ4n) is 3.96. The van der Waals surface area contributed by atoms with Gasteiger partial charge in [-0.05, 0) is 35.5 Å². The number of benzene rings is 2. The quantitative estimate of drug-likeness (QED) is 0.0682. The maximum atomic E-state index is 13.7. The molecule has 0 radical (unpaired) electrons. The van der Waals surface area contributed by atoms with E-state index < -0.39 is 22.7 Å². The van der Waals surface area contributed by atoms with E-state index in [-0.39, 0.29) is 38.1 Å². The van der Waals surface area contributed by atoms with Gasteiger partial charge in [-0.15, -0.1) is 0 Å². The lowest BCUT2D eigenvalue weighted by Crippen LogP contribution is -2.61. The molecule has 0 saturated heterocycles. The molecule has 1 amide bonds. The van der Waals surface area contributed by atoms with Crippen LogP contribution in [0.1, 0.15) is 50.2 Å². The summed E-state index contributed by atoms with van der Waals surface area (Å²) in [5.74, 6) is -0.950. The fraction of sp³-hybridized carbons (Fsp3) is 0.407. The van der Waals surface area contributed by atoms with E-state index >= 15 is 0 Å². The highest BCUT2D eigenvalue weighted by atomic mass is 16.6. The minimum Gasteiger partial charge on any atom is -0.456 e. The minimum atomic E-state index is -1.05. The normalized spacial score (nSPS) is 13.0. The highest BCUT2D eigenvalue weighted by Crippen LogP contribution is 2.26. The standard InChI is InChI=1S/C27H40N7O4/c1-2-3-18-34(33-26(30)31,27(36)38-20-22-14-8-5-9-15-22)23(16-10-11-17-32-25(28)29)24(35)37-19-21-12-6-4-7-13-21/h4-9,12-15,23H,2-3,10-11,16-20H2,1H3,(H4,28,29,32)(H4,30,31,33)/q+1/t23-,34?/m1/s1. The first-order valence-electron chi connectivity index (χ1n) is 12.7. The molecule has 0 aliphatic rings. The second kappa shape index (κ2) is 15.9. The predicted octanol–water partition coefficient (Wildman–Crippen LogP) is 2.68. The van der Waals surface area contributed by atoms with Crippen LogP contribution >= 0.6 is 0 Å². The zero-order chi connectivity index (χ0) is 27.8. The molecule has 0 heterocycles. The van der Waals surface area contributed by atoms with Crippen molar-refractivity contribution < 1.29 is 23.7 Å². The summed E-state index contributed by atoms with van der Waals surface area (Å²) in [5, 5.41) is 4.33. The molecule has 0 saturated carbocycles. The Morgan fingerprint density at radius 2 is 1.39 bits per heavy atom. The predicted molar refractivity (Wildman–Crippen MR) is 147 cm³/mol. The summed E-state index contributed by atoms with van der Waals surface area (Å²) >= 11 is 0. The van der Waals surface area contributed by atoms with Crippen LogP contribution in [0.4, 0.5) is 4.79 Å². The van der Waals surface area contributed by atoms with Crippen LogP contribution in [0.15, 0.2) is 70.8 Å². The number of rotatable bonds is 15. The molecule has 11 nitrogen and oxygen atoms in total. The molecule has 38 heavy (non-hydrogen) atoms. The number of quaternary nitrogens is 1. The number of aliphatic imine (C=N–C) groups is 1. The second-order valence-corrected chi connectivity index (χ2v) is 8.88. The topological polar surface area (TPSA) is 181 Å². The number of nitrogens with zero attached hydrogens (tertiary/aromatic N) is 3. The van der Waals surface area contributed by atoms with Crippen molar-refractivity contribution in [3.8, 4) is 0 Å². The van der Waals surface area contributed by atoms with E-state index in [9.17, 15) is 9.59 Å². The van der Waals surface area contributed by atoms with Crippen molar-refractivity contribution in [3.63, 3.8) is 0 Å². The largest absolute Gasteiger partial charge is 0.544 e. The number of unbranched alkanes of at least 4 members (excludes halogenated alkanes) is 2. The van der Waals surface area contributed by atoms with E-state index in [2.05, 4.69) is 10.1 Å². The summed E-state index contributed by atoms with van der Waals surface area (Å²) in [4.78, 5) is 31.3. The molecule has 2 rings (SSSR count). The van der Waals surface area contributed by atoms with Gasteiger partial charge < -0.3 is 32.4 Å². The number of esters is 1. The van der Waals surface area contributed by atoms with E-state index in [1.807, 2.05) is 67.6 Å². The van der Waals surface area contributed by atoms with Crippen molar-refractivity contribution in [1.82, 2.24) is 0 Å². The van der Waals surface area contributed by atoms with Gasteiger partial charge in [-0.25, -0.2) is 4.79 Å². The van der Waals surface area contributed by atoms with Gasteiger partial charge in [0.1, 0.15) is 19.8 Å². The number of ether oxygens (including phenoxy) is 2. The molecule has 8 N–H and O–H groups in total. The molecular formula is C27H40N7O4+. The van der Waals surface area contributed by atoms with Crippen LogP contribution in [0.5, 0.6) is 0 Å². The van der Waals surface area contributed by atoms with Crippen molar-refractivity contribution in [3.05, 3.63) is 71.8 Å². The maximum absolute atomic E-state index is 13.7. The monoisotopic (exact) mass is 526 g/mol. The zero-order valence-electron chi connectivity index (χ0n) is 22.0. The number of amides is 1. The van der Waals surface area contributed by atoms with Crippen LogP contribution in [-0.2, 0) is 27.5 Å². The minimum absolute atomic E-state index is 0.00205. The first-order valence-corrected chi connectivity index (χ1v) is 12.7. The lowest BCUT2D eigenvalue weighted by Gasteiger charge is -2.34. The summed E-state index contributed by atoms with van der Waals surface area (Å²) in [6.07, 6.45) is 1.90. The van der Waals surface area contributed by atoms with Gasteiger partial charge in [-0.3, -0.25) is 4.99 Å². The molecule has 0 bridgehead atoms. The fourth-order valence-corrected chi connectivity index (χ4v) is 3.96. The van der Waals surface area contributed by atoms with Crippen LogP contribution in [0.2, 0.25) is 0 Å². The summed E-state index contributed by atoms with van der Waals surface area (Å²) in [7, 11) is 0. The molecule has 0 aromatic heterocycles. The van der Waals surface area contributed by atoms with Gasteiger partial charge >= 0.3 is 12.1 Å². The molecule has 1 unspecified atom stereocenters. The average Bonchev–Trinajstić information content (AvgIpc) is 2.91. The number of carbonyl (C=O) groups excluding carboxylic acids is 2. The Hall–Kier alpha value is -4.12. The van der Waals surface area contributed by atoms with Gasteiger partial charge in [0.2, 0.25) is 12.0 Å². The van der Waals surface area contributed by atoms with Gasteiger partial charge in [0, 0.05) is 13.0 Å². The van der Waals surface area contributed by atoms with Gasteiger partial charge in [0.15, 0.2) is 5.96 Å².